The summed E-state index contributed by atoms with van der Waals surface area (Å²) in [4.78, 5) is 37.6. The van der Waals surface area contributed by atoms with Gasteiger partial charge in [-0.25, -0.2) is 13.6 Å². The molecule has 0 saturated carbocycles. The van der Waals surface area contributed by atoms with Crippen LogP contribution in [0.25, 0.3) is 0 Å². The summed E-state index contributed by atoms with van der Waals surface area (Å²) in [6, 6.07) is 8.30. The molecule has 1 fully saturated rings. The van der Waals surface area contributed by atoms with Gasteiger partial charge in [-0.1, -0.05) is 6.07 Å². The monoisotopic (exact) mass is 431 g/mol. The van der Waals surface area contributed by atoms with Crippen LogP contribution >= 0.6 is 0 Å². The van der Waals surface area contributed by atoms with Crippen molar-refractivity contribution in [3.05, 3.63) is 59.2 Å². The molecule has 2 aromatic rings. The number of aliphatic hydroxyl groups is 1. The van der Waals surface area contributed by atoms with Crippen LogP contribution in [0.4, 0.5) is 25.0 Å². The van der Waals surface area contributed by atoms with Crippen LogP contribution in [0, 0.1) is 11.6 Å². The highest BCUT2D eigenvalue weighted by molar-refractivity contribution is 6.02. The van der Waals surface area contributed by atoms with Crippen LogP contribution in [0.1, 0.15) is 24.0 Å². The molecule has 2 aliphatic rings. The number of nitrogens with one attached hydrogen (secondary N) is 2. The second-order valence-electron chi connectivity index (χ2n) is 7.32. The number of halogens is 2. The lowest BCUT2D eigenvalue weighted by atomic mass is 10.0. The molecule has 0 bridgehead atoms. The second-order valence-corrected chi connectivity index (χ2v) is 7.32. The first-order valence-corrected chi connectivity index (χ1v) is 9.64. The highest BCUT2D eigenvalue weighted by Crippen LogP contribution is 2.33. The standard InChI is InChI=1S/C21H19F2N3O5/c22-15-2-1-3-16(23)14(15)11-24-20(29)31-21(30)8-9-26(19(21)28)13-5-6-17-12(10-13)4-7-18(27)25-17/h1-3,5-6,10,30H,4,7-9,11H2,(H,24,29)(H,25,27)/t21-/m0/s1. The third kappa shape index (κ3) is 4.06. The zero-order chi connectivity index (χ0) is 22.2. The number of anilines is 2. The summed E-state index contributed by atoms with van der Waals surface area (Å²) < 4.78 is 32.2. The number of nitrogens with zero attached hydrogens (tertiary/aromatic N) is 1. The molecule has 0 aliphatic carbocycles. The summed E-state index contributed by atoms with van der Waals surface area (Å²) in [5, 5.41) is 15.4. The third-order valence-corrected chi connectivity index (χ3v) is 5.28. The Balaban J connectivity index is 1.42. The first-order chi connectivity index (χ1) is 14.8. The van der Waals surface area contributed by atoms with Gasteiger partial charge in [-0.2, -0.15) is 0 Å². The van der Waals surface area contributed by atoms with E-state index in [4.69, 9.17) is 4.74 Å². The summed E-state index contributed by atoms with van der Waals surface area (Å²) in [6.07, 6.45) is -0.512. The van der Waals surface area contributed by atoms with Gasteiger partial charge in [-0.15, -0.1) is 0 Å². The number of fused-ring (bicyclic) bond motifs is 1. The quantitative estimate of drug-likeness (QED) is 0.644. The highest BCUT2D eigenvalue weighted by Gasteiger charge is 2.49. The Hall–Kier alpha value is -3.53. The van der Waals surface area contributed by atoms with E-state index < -0.39 is 36.0 Å². The molecular weight excluding hydrogens is 412 g/mol. The van der Waals surface area contributed by atoms with Crippen molar-refractivity contribution in [2.45, 2.75) is 31.6 Å². The van der Waals surface area contributed by atoms with Gasteiger partial charge in [0.05, 0.1) is 6.54 Å². The summed E-state index contributed by atoms with van der Waals surface area (Å²) in [7, 11) is 0. The molecule has 31 heavy (non-hydrogen) atoms. The number of carbonyl (C=O) groups excluding carboxylic acids is 3. The topological polar surface area (TPSA) is 108 Å². The van der Waals surface area contributed by atoms with Gasteiger partial charge in [0.2, 0.25) is 5.91 Å². The summed E-state index contributed by atoms with van der Waals surface area (Å²) in [5.41, 5.74) is 1.64. The van der Waals surface area contributed by atoms with Crippen LogP contribution in [0.3, 0.4) is 0 Å². The number of ether oxygens (including phenoxy) is 1. The van der Waals surface area contributed by atoms with Gasteiger partial charge in [0.1, 0.15) is 11.6 Å². The van der Waals surface area contributed by atoms with Gasteiger partial charge in [0.15, 0.2) is 0 Å². The number of alkyl carbamates (subject to hydrolysis) is 1. The predicted octanol–water partition coefficient (Wildman–Crippen LogP) is 2.20. The normalized spacial score (nSPS) is 20.3. The number of hydrogen-bond acceptors (Lipinski definition) is 5. The first-order valence-electron chi connectivity index (χ1n) is 9.64. The van der Waals surface area contributed by atoms with Crippen molar-refractivity contribution in [3.63, 3.8) is 0 Å². The Bertz CT molecular complexity index is 1060. The minimum absolute atomic E-state index is 0.0819. The molecule has 3 N–H and O–H groups in total. The Morgan fingerprint density at radius 2 is 1.94 bits per heavy atom. The molecule has 10 heteroatoms. The van der Waals surface area contributed by atoms with Gasteiger partial charge in [-0.3, -0.25) is 9.59 Å². The molecule has 4 rings (SSSR count). The number of hydrogen-bond donors (Lipinski definition) is 3. The molecule has 2 heterocycles. The lowest BCUT2D eigenvalue weighted by Gasteiger charge is -2.24. The minimum atomic E-state index is -2.40. The molecule has 1 atom stereocenters. The number of benzene rings is 2. The zero-order valence-electron chi connectivity index (χ0n) is 16.3. The third-order valence-electron chi connectivity index (χ3n) is 5.28. The second kappa shape index (κ2) is 7.95. The van der Waals surface area contributed by atoms with Crippen molar-refractivity contribution in [2.24, 2.45) is 0 Å². The smallest absolute Gasteiger partial charge is 0.407 e. The molecule has 0 unspecified atom stereocenters. The average molecular weight is 431 g/mol. The summed E-state index contributed by atoms with van der Waals surface area (Å²) >= 11 is 0. The van der Waals surface area contributed by atoms with Crippen molar-refractivity contribution in [1.29, 1.82) is 0 Å². The maximum absolute atomic E-state index is 13.7. The van der Waals surface area contributed by atoms with E-state index in [1.54, 1.807) is 18.2 Å². The van der Waals surface area contributed by atoms with Crippen LogP contribution < -0.4 is 15.5 Å². The Morgan fingerprint density at radius 1 is 1.19 bits per heavy atom. The predicted molar refractivity (Wildman–Crippen MR) is 105 cm³/mol. The van der Waals surface area contributed by atoms with Crippen molar-refractivity contribution < 1.29 is 33.0 Å². The highest BCUT2D eigenvalue weighted by atomic mass is 19.1. The van der Waals surface area contributed by atoms with E-state index in [1.165, 1.54) is 11.0 Å². The minimum Gasteiger partial charge on any atom is -0.407 e. The van der Waals surface area contributed by atoms with E-state index >= 15 is 0 Å². The largest absolute Gasteiger partial charge is 0.410 e. The Labute approximate surface area is 175 Å². The van der Waals surface area contributed by atoms with Crippen molar-refractivity contribution in [1.82, 2.24) is 5.32 Å². The van der Waals surface area contributed by atoms with Crippen LogP contribution in [-0.4, -0.2) is 35.3 Å². The van der Waals surface area contributed by atoms with Crippen LogP contribution in [0.5, 0.6) is 0 Å². The number of aryl methyl sites for hydroxylation is 1. The lowest BCUT2D eigenvalue weighted by Crippen LogP contribution is -2.46. The van der Waals surface area contributed by atoms with E-state index in [9.17, 15) is 28.3 Å². The van der Waals surface area contributed by atoms with Gasteiger partial charge >= 0.3 is 6.09 Å². The van der Waals surface area contributed by atoms with Gasteiger partial charge < -0.3 is 25.4 Å². The van der Waals surface area contributed by atoms with Crippen LogP contribution in [0.15, 0.2) is 36.4 Å². The Morgan fingerprint density at radius 3 is 2.68 bits per heavy atom. The van der Waals surface area contributed by atoms with E-state index in [-0.39, 0.29) is 24.4 Å². The van der Waals surface area contributed by atoms with Gasteiger partial charge in [0.25, 0.3) is 11.7 Å². The first kappa shape index (κ1) is 20.7. The average Bonchev–Trinajstić information content (AvgIpc) is 3.01. The number of rotatable bonds is 4. The van der Waals surface area contributed by atoms with Crippen LogP contribution in [0.2, 0.25) is 0 Å². The van der Waals surface area contributed by atoms with E-state index in [2.05, 4.69) is 10.6 Å². The molecule has 162 valence electrons. The lowest BCUT2D eigenvalue weighted by molar-refractivity contribution is -0.175. The van der Waals surface area contributed by atoms with Crippen molar-refractivity contribution in [2.75, 3.05) is 16.8 Å². The SMILES string of the molecule is O=C1CCc2cc(N3CC[C@](O)(OC(=O)NCc4c(F)cccc4F)C3=O)ccc2N1. The number of carbonyl (C=O) groups is 3. The molecule has 0 aromatic heterocycles. The molecule has 2 aliphatic heterocycles. The molecule has 0 radical (unpaired) electrons. The molecule has 2 aromatic carbocycles. The molecular formula is C21H19F2N3O5. The maximum atomic E-state index is 13.7. The fourth-order valence-electron chi connectivity index (χ4n) is 3.61. The molecule has 1 saturated heterocycles. The van der Waals surface area contributed by atoms with E-state index in [0.717, 1.165) is 17.7 Å². The van der Waals surface area contributed by atoms with E-state index in [0.29, 0.717) is 24.2 Å². The fourth-order valence-corrected chi connectivity index (χ4v) is 3.61. The maximum Gasteiger partial charge on any atom is 0.410 e. The summed E-state index contributed by atoms with van der Waals surface area (Å²) in [5.74, 6) is -5.00. The van der Waals surface area contributed by atoms with Gasteiger partial charge in [-0.05, 0) is 42.3 Å². The molecule has 8 nitrogen and oxygen atoms in total. The van der Waals surface area contributed by atoms with E-state index in [1.807, 2.05) is 0 Å². The molecule has 3 amide bonds. The van der Waals surface area contributed by atoms with Crippen molar-refractivity contribution in [3.8, 4) is 0 Å². The van der Waals surface area contributed by atoms with Crippen molar-refractivity contribution >= 4 is 29.3 Å². The zero-order valence-corrected chi connectivity index (χ0v) is 16.3. The molecule has 0 spiro atoms. The van der Waals surface area contributed by atoms with Gasteiger partial charge in [0, 0.05) is 36.3 Å². The van der Waals surface area contributed by atoms with Crippen LogP contribution in [-0.2, 0) is 27.3 Å². The summed E-state index contributed by atoms with van der Waals surface area (Å²) in [6.45, 7) is -0.419. The fraction of sp³-hybridized carbons (Fsp3) is 0.286. The Kier molecular flexibility index (Phi) is 5.32. The number of amides is 3.